The lowest BCUT2D eigenvalue weighted by Crippen LogP contribution is -2.39. The largest absolute Gasteiger partial charge is 0.393 e. The third-order valence-corrected chi connectivity index (χ3v) is 8.25. The van der Waals surface area contributed by atoms with Gasteiger partial charge in [-0.2, -0.15) is 5.10 Å². The SMILES string of the molecule is CC(C)(C)C#Cc1nc(NC2CCCC2)c2cnn([C@@H]3O[C@H](COC(C)(CO)P(=O)(O)O)[C@@H](O)[C@H]3O)c2n1. The van der Waals surface area contributed by atoms with Gasteiger partial charge in [-0.1, -0.05) is 18.8 Å². The summed E-state index contributed by atoms with van der Waals surface area (Å²) in [6.45, 7) is 5.52. The lowest BCUT2D eigenvalue weighted by atomic mass is 9.98. The van der Waals surface area contributed by atoms with Crippen molar-refractivity contribution in [1.29, 1.82) is 0 Å². The third-order valence-electron chi connectivity index (χ3n) is 6.75. The zero-order valence-electron chi connectivity index (χ0n) is 21.9. The fourth-order valence-corrected chi connectivity index (χ4v) is 4.76. The number of nitrogens with zero attached hydrogens (tertiary/aromatic N) is 4. The van der Waals surface area contributed by atoms with E-state index in [1.54, 1.807) is 6.20 Å². The highest BCUT2D eigenvalue weighted by Crippen LogP contribution is 2.51. The van der Waals surface area contributed by atoms with E-state index in [9.17, 15) is 29.7 Å². The summed E-state index contributed by atoms with van der Waals surface area (Å²) >= 11 is 0. The minimum Gasteiger partial charge on any atom is -0.393 e. The van der Waals surface area contributed by atoms with Crippen molar-refractivity contribution in [2.24, 2.45) is 5.41 Å². The molecular weight excluding hydrogens is 517 g/mol. The number of fused-ring (bicyclic) bond motifs is 1. The summed E-state index contributed by atoms with van der Waals surface area (Å²) in [6.07, 6.45) is 0.588. The number of hydrogen-bond acceptors (Lipinski definition) is 10. The van der Waals surface area contributed by atoms with E-state index >= 15 is 0 Å². The summed E-state index contributed by atoms with van der Waals surface area (Å²) in [6, 6.07) is 0.256. The van der Waals surface area contributed by atoms with Gasteiger partial charge >= 0.3 is 7.60 Å². The molecule has 2 aromatic rings. The van der Waals surface area contributed by atoms with Gasteiger partial charge < -0.3 is 39.9 Å². The minimum atomic E-state index is -4.84. The van der Waals surface area contributed by atoms with E-state index in [2.05, 4.69) is 32.2 Å². The van der Waals surface area contributed by atoms with Crippen molar-refractivity contribution in [3.8, 4) is 11.8 Å². The Morgan fingerprint density at radius 3 is 2.47 bits per heavy atom. The van der Waals surface area contributed by atoms with Crippen LogP contribution in [-0.2, 0) is 14.0 Å². The highest BCUT2D eigenvalue weighted by atomic mass is 31.2. The first kappa shape index (κ1) is 28.9. The molecule has 38 heavy (non-hydrogen) atoms. The number of aromatic nitrogens is 4. The van der Waals surface area contributed by atoms with Crippen molar-refractivity contribution in [2.45, 2.75) is 89.3 Å². The highest BCUT2D eigenvalue weighted by molar-refractivity contribution is 7.53. The Labute approximate surface area is 220 Å². The number of aliphatic hydroxyl groups excluding tert-OH is 3. The van der Waals surface area contributed by atoms with Gasteiger partial charge in [0.25, 0.3) is 0 Å². The van der Waals surface area contributed by atoms with Crippen LogP contribution in [-0.4, -0.2) is 87.8 Å². The summed E-state index contributed by atoms with van der Waals surface area (Å²) in [7, 11) is -4.84. The molecule has 13 nitrogen and oxygen atoms in total. The summed E-state index contributed by atoms with van der Waals surface area (Å²) in [5.74, 6) is 6.97. The Balaban J connectivity index is 1.65. The standard InChI is InChI=1S/C24H36N5O8P/c1-23(2,3)10-9-17-27-20(26-14-7-5-6-8-14)15-11-25-29(21(15)28-17)22-19(32)18(31)16(37-22)12-36-24(4,13-30)38(33,34)35/h11,14,16,18-19,22,30-32H,5-8,12-13H2,1-4H3,(H,26,27,28)(H2,33,34,35)/t16-,18-,19-,22-,24?/m1/s1. The van der Waals surface area contributed by atoms with Gasteiger partial charge in [0.1, 0.15) is 24.1 Å². The predicted molar refractivity (Wildman–Crippen MR) is 137 cm³/mol. The van der Waals surface area contributed by atoms with Crippen LogP contribution in [0.25, 0.3) is 11.0 Å². The Kier molecular flexibility index (Phi) is 8.19. The molecule has 1 saturated heterocycles. The third kappa shape index (κ3) is 6.03. The second-order valence-electron chi connectivity index (χ2n) is 11.1. The Bertz CT molecular complexity index is 1260. The summed E-state index contributed by atoms with van der Waals surface area (Å²) < 4.78 is 24.2. The van der Waals surface area contributed by atoms with Gasteiger partial charge in [0.05, 0.1) is 24.8 Å². The molecule has 2 fully saturated rings. The van der Waals surface area contributed by atoms with Crippen LogP contribution in [0.1, 0.15) is 65.4 Å². The van der Waals surface area contributed by atoms with Crippen LogP contribution < -0.4 is 5.32 Å². The van der Waals surface area contributed by atoms with Crippen molar-refractivity contribution in [2.75, 3.05) is 18.5 Å². The maximum Gasteiger partial charge on any atom is 0.359 e. The summed E-state index contributed by atoms with van der Waals surface area (Å²) in [5, 5.41) is 37.1. The van der Waals surface area contributed by atoms with E-state index in [-0.39, 0.29) is 17.3 Å². The monoisotopic (exact) mass is 553 g/mol. The molecule has 6 N–H and O–H groups in total. The Morgan fingerprint density at radius 1 is 1.18 bits per heavy atom. The van der Waals surface area contributed by atoms with Crippen LogP contribution in [0.2, 0.25) is 0 Å². The molecule has 0 aromatic carbocycles. The molecule has 1 saturated carbocycles. The van der Waals surface area contributed by atoms with Gasteiger partial charge in [-0.25, -0.2) is 14.6 Å². The average Bonchev–Trinajstić information content (AvgIpc) is 3.56. The molecule has 0 amide bonds. The smallest absolute Gasteiger partial charge is 0.359 e. The van der Waals surface area contributed by atoms with Crippen molar-refractivity contribution in [3.05, 3.63) is 12.0 Å². The van der Waals surface area contributed by atoms with E-state index in [4.69, 9.17) is 9.47 Å². The van der Waals surface area contributed by atoms with Gasteiger partial charge in [0.2, 0.25) is 5.82 Å². The summed E-state index contributed by atoms with van der Waals surface area (Å²) in [4.78, 5) is 28.2. The van der Waals surface area contributed by atoms with E-state index in [0.717, 1.165) is 32.6 Å². The zero-order chi connectivity index (χ0) is 27.9. The molecule has 14 heteroatoms. The van der Waals surface area contributed by atoms with Crippen molar-refractivity contribution in [1.82, 2.24) is 19.7 Å². The van der Waals surface area contributed by atoms with E-state index in [1.807, 2.05) is 20.8 Å². The summed E-state index contributed by atoms with van der Waals surface area (Å²) in [5.41, 5.74) is 0.0579. The number of ether oxygens (including phenoxy) is 2. The molecule has 2 aliphatic rings. The van der Waals surface area contributed by atoms with Crippen molar-refractivity contribution in [3.63, 3.8) is 0 Å². The quantitative estimate of drug-likeness (QED) is 0.202. The van der Waals surface area contributed by atoms with Crippen LogP contribution in [0.5, 0.6) is 0 Å². The molecule has 5 atom stereocenters. The Morgan fingerprint density at radius 2 is 1.87 bits per heavy atom. The second kappa shape index (κ2) is 10.8. The zero-order valence-corrected chi connectivity index (χ0v) is 22.8. The van der Waals surface area contributed by atoms with E-state index in [1.165, 1.54) is 4.68 Å². The lowest BCUT2D eigenvalue weighted by molar-refractivity contribution is -0.104. The second-order valence-corrected chi connectivity index (χ2v) is 13.1. The molecule has 1 unspecified atom stereocenters. The lowest BCUT2D eigenvalue weighted by Gasteiger charge is -2.29. The van der Waals surface area contributed by atoms with Crippen LogP contribution >= 0.6 is 7.60 Å². The average molecular weight is 554 g/mol. The van der Waals surface area contributed by atoms with Crippen LogP contribution in [0.3, 0.4) is 0 Å². The van der Waals surface area contributed by atoms with Crippen molar-refractivity contribution < 1.29 is 39.1 Å². The molecule has 1 aliphatic heterocycles. The fraction of sp³-hybridized carbons (Fsp3) is 0.708. The number of nitrogens with one attached hydrogen (secondary N) is 1. The van der Waals surface area contributed by atoms with Gasteiger partial charge in [0, 0.05) is 11.5 Å². The molecule has 2 aromatic heterocycles. The van der Waals surface area contributed by atoms with Crippen LogP contribution in [0, 0.1) is 17.3 Å². The van der Waals surface area contributed by atoms with E-state index < -0.39 is 50.7 Å². The topological polar surface area (TPSA) is 192 Å². The molecule has 0 spiro atoms. The first-order valence-corrected chi connectivity index (χ1v) is 14.2. The minimum absolute atomic E-state index is 0.256. The maximum atomic E-state index is 11.7. The molecule has 1 aliphatic carbocycles. The number of anilines is 1. The van der Waals surface area contributed by atoms with Gasteiger partial charge in [0.15, 0.2) is 17.2 Å². The predicted octanol–water partition coefficient (Wildman–Crippen LogP) is 1.10. The molecule has 0 radical (unpaired) electrons. The highest BCUT2D eigenvalue weighted by Gasteiger charge is 2.48. The molecule has 0 bridgehead atoms. The van der Waals surface area contributed by atoms with Crippen molar-refractivity contribution >= 4 is 24.4 Å². The van der Waals surface area contributed by atoms with Crippen LogP contribution in [0.4, 0.5) is 5.82 Å². The van der Waals surface area contributed by atoms with E-state index in [0.29, 0.717) is 16.9 Å². The first-order valence-electron chi connectivity index (χ1n) is 12.6. The molecule has 4 rings (SSSR count). The Hall–Kier alpha value is -2.14. The van der Waals surface area contributed by atoms with Gasteiger partial charge in [-0.3, -0.25) is 4.57 Å². The number of rotatable bonds is 8. The normalized spacial score (nSPS) is 26.3. The van der Waals surface area contributed by atoms with Gasteiger partial charge in [-0.05, 0) is 46.5 Å². The van der Waals surface area contributed by atoms with Gasteiger partial charge in [-0.15, -0.1) is 0 Å². The first-order chi connectivity index (χ1) is 17.7. The number of hydrogen-bond donors (Lipinski definition) is 6. The number of aliphatic hydroxyl groups is 3. The maximum absolute atomic E-state index is 11.7. The molecular formula is C24H36N5O8P. The molecule has 3 heterocycles. The molecule has 210 valence electrons. The fourth-order valence-electron chi connectivity index (χ4n) is 4.34. The van der Waals surface area contributed by atoms with Crippen LogP contribution in [0.15, 0.2) is 6.20 Å².